The molecule has 264 valence electrons. The first kappa shape index (κ1) is 35.9. The Bertz CT molecular complexity index is 1910. The first-order valence-corrected chi connectivity index (χ1v) is 24.4. The molecule has 2 aliphatic heterocycles. The molecule has 0 bridgehead atoms. The molecule has 2 heterocycles. The zero-order valence-electron chi connectivity index (χ0n) is 31.0. The Labute approximate surface area is 314 Å². The van der Waals surface area contributed by atoms with Gasteiger partial charge in [0.2, 0.25) is 6.37 Å². The molecule has 51 heavy (non-hydrogen) atoms. The van der Waals surface area contributed by atoms with Gasteiger partial charge in [-0.15, -0.1) is 0 Å². The van der Waals surface area contributed by atoms with Crippen molar-refractivity contribution in [3.8, 4) is 0 Å². The van der Waals surface area contributed by atoms with E-state index in [4.69, 9.17) is 9.98 Å². The lowest BCUT2D eigenvalue weighted by atomic mass is 9.93. The van der Waals surface area contributed by atoms with Crippen molar-refractivity contribution in [2.75, 3.05) is 39.3 Å². The third kappa shape index (κ3) is 7.81. The lowest BCUT2D eigenvalue weighted by molar-refractivity contribution is 0.449. The van der Waals surface area contributed by atoms with Gasteiger partial charge in [0, 0.05) is 48.5 Å². The molecule has 5 aromatic carbocycles. The van der Waals surface area contributed by atoms with Crippen molar-refractivity contribution >= 4 is 67.2 Å². The van der Waals surface area contributed by atoms with Gasteiger partial charge in [0.05, 0.1) is 13.1 Å². The SMILES string of the molecule is Cc1ccc([Si](C)(SC(C)CN2CCN=C2C(C)c2cccc3ccccc23)SC(C)CN2CCN=C2C(C)c2cccc3ccccc23)cc1. The van der Waals surface area contributed by atoms with Crippen molar-refractivity contribution in [1.82, 2.24) is 9.80 Å². The van der Waals surface area contributed by atoms with Gasteiger partial charge in [-0.05, 0) is 51.3 Å². The van der Waals surface area contributed by atoms with Crippen LogP contribution in [0.1, 0.15) is 56.2 Å². The maximum Gasteiger partial charge on any atom is 0.205 e. The number of amidine groups is 2. The van der Waals surface area contributed by atoms with E-state index in [0.717, 1.165) is 39.3 Å². The summed E-state index contributed by atoms with van der Waals surface area (Å²) in [6, 6.07) is 40.4. The molecule has 0 saturated heterocycles. The minimum Gasteiger partial charge on any atom is -0.357 e. The summed E-state index contributed by atoms with van der Waals surface area (Å²) in [5.41, 5.74) is 4.08. The number of hydrogen-bond acceptors (Lipinski definition) is 6. The largest absolute Gasteiger partial charge is 0.357 e. The third-order valence-corrected chi connectivity index (χ3v) is 22.3. The molecule has 0 aromatic heterocycles. The van der Waals surface area contributed by atoms with Crippen molar-refractivity contribution in [2.24, 2.45) is 9.98 Å². The van der Waals surface area contributed by atoms with Crippen LogP contribution >= 0.6 is 22.4 Å². The summed E-state index contributed by atoms with van der Waals surface area (Å²) in [7, 11) is 0. The van der Waals surface area contributed by atoms with E-state index in [9.17, 15) is 0 Å². The second-order valence-corrected chi connectivity index (χ2v) is 26.3. The summed E-state index contributed by atoms with van der Waals surface area (Å²) in [6.45, 7) is 20.2. The van der Waals surface area contributed by atoms with E-state index in [-0.39, 0.29) is 11.8 Å². The molecule has 2 aliphatic rings. The van der Waals surface area contributed by atoms with E-state index in [1.807, 2.05) is 0 Å². The van der Waals surface area contributed by atoms with Crippen molar-refractivity contribution < 1.29 is 0 Å². The van der Waals surface area contributed by atoms with Crippen LogP contribution < -0.4 is 5.19 Å². The zero-order valence-corrected chi connectivity index (χ0v) is 33.7. The summed E-state index contributed by atoms with van der Waals surface area (Å²) in [5.74, 6) is 3.02. The van der Waals surface area contributed by atoms with Crippen LogP contribution in [0.3, 0.4) is 0 Å². The van der Waals surface area contributed by atoms with E-state index >= 15 is 0 Å². The van der Waals surface area contributed by atoms with Crippen molar-refractivity contribution in [3.05, 3.63) is 126 Å². The van der Waals surface area contributed by atoms with Crippen LogP contribution in [0.5, 0.6) is 0 Å². The van der Waals surface area contributed by atoms with Gasteiger partial charge in [0.15, 0.2) is 0 Å². The average molecular weight is 729 g/mol. The second kappa shape index (κ2) is 15.6. The highest BCUT2D eigenvalue weighted by atomic mass is 32.6. The van der Waals surface area contributed by atoms with Crippen LogP contribution in [-0.4, -0.2) is 77.6 Å². The minimum atomic E-state index is -2.02. The summed E-state index contributed by atoms with van der Waals surface area (Å²) in [4.78, 5) is 15.4. The topological polar surface area (TPSA) is 31.2 Å². The molecule has 7 rings (SSSR count). The maximum atomic E-state index is 5.11. The lowest BCUT2D eigenvalue weighted by Crippen LogP contribution is -2.45. The van der Waals surface area contributed by atoms with Gasteiger partial charge in [0.1, 0.15) is 11.7 Å². The fourth-order valence-corrected chi connectivity index (χ4v) is 21.7. The smallest absolute Gasteiger partial charge is 0.205 e. The molecule has 4 nitrogen and oxygen atoms in total. The van der Waals surface area contributed by atoms with Crippen LogP contribution in [0.15, 0.2) is 119 Å². The monoisotopic (exact) mass is 728 g/mol. The predicted molar refractivity (Wildman–Crippen MR) is 229 cm³/mol. The highest BCUT2D eigenvalue weighted by Crippen LogP contribution is 2.39. The van der Waals surface area contributed by atoms with Gasteiger partial charge >= 0.3 is 0 Å². The van der Waals surface area contributed by atoms with Gasteiger partial charge in [-0.3, -0.25) is 9.98 Å². The Kier molecular flexibility index (Phi) is 11.0. The summed E-state index contributed by atoms with van der Waals surface area (Å²) < 4.78 is 0. The predicted octanol–water partition coefficient (Wildman–Crippen LogP) is 9.86. The molecule has 0 spiro atoms. The number of aliphatic imine (C=N–C) groups is 2. The Morgan fingerprint density at radius 1 is 0.588 bits per heavy atom. The highest BCUT2D eigenvalue weighted by Gasteiger charge is 2.38. The number of aryl methyl sites for hydroxylation is 1. The molecule has 7 heteroatoms. The van der Waals surface area contributed by atoms with Crippen LogP contribution in [0.25, 0.3) is 21.5 Å². The molecule has 4 atom stereocenters. The molecule has 0 radical (unpaired) electrons. The zero-order chi connectivity index (χ0) is 35.5. The molecule has 0 saturated carbocycles. The first-order chi connectivity index (χ1) is 24.7. The van der Waals surface area contributed by atoms with Gasteiger partial charge in [-0.1, -0.05) is 142 Å². The molecule has 0 N–H and O–H groups in total. The van der Waals surface area contributed by atoms with Gasteiger partial charge in [-0.25, -0.2) is 0 Å². The summed E-state index contributed by atoms with van der Waals surface area (Å²) in [5, 5.41) is 7.76. The number of nitrogens with zero attached hydrogens (tertiary/aromatic N) is 4. The Morgan fingerprint density at radius 3 is 1.49 bits per heavy atom. The second-order valence-electron chi connectivity index (χ2n) is 14.6. The average Bonchev–Trinajstić information content (AvgIpc) is 3.80. The number of fused-ring (bicyclic) bond motifs is 2. The summed E-state index contributed by atoms with van der Waals surface area (Å²) >= 11 is 4.51. The highest BCUT2D eigenvalue weighted by molar-refractivity contribution is 8.60. The van der Waals surface area contributed by atoms with Crippen molar-refractivity contribution in [1.29, 1.82) is 0 Å². The molecule has 5 aromatic rings. The van der Waals surface area contributed by atoms with Crippen LogP contribution in [0, 0.1) is 6.92 Å². The van der Waals surface area contributed by atoms with E-state index in [1.54, 1.807) is 0 Å². The van der Waals surface area contributed by atoms with E-state index in [0.29, 0.717) is 10.5 Å². The number of hydrogen-bond donors (Lipinski definition) is 0. The van der Waals surface area contributed by atoms with Crippen molar-refractivity contribution in [2.45, 2.75) is 63.5 Å². The fourth-order valence-electron chi connectivity index (χ4n) is 8.21. The lowest BCUT2D eigenvalue weighted by Gasteiger charge is -2.36. The Balaban J connectivity index is 1.06. The molecule has 0 aliphatic carbocycles. The van der Waals surface area contributed by atoms with Gasteiger partial charge in [0.25, 0.3) is 0 Å². The summed E-state index contributed by atoms with van der Waals surface area (Å²) in [6.07, 6.45) is -2.02. The molecule has 0 fully saturated rings. The van der Waals surface area contributed by atoms with E-state index in [2.05, 4.69) is 183 Å². The first-order valence-electron chi connectivity index (χ1n) is 18.7. The quantitative estimate of drug-likeness (QED) is 0.113. The van der Waals surface area contributed by atoms with E-state index < -0.39 is 6.37 Å². The van der Waals surface area contributed by atoms with Crippen LogP contribution in [0.4, 0.5) is 0 Å². The number of benzene rings is 5. The fraction of sp³-hybridized carbons (Fsp3) is 0.364. The third-order valence-electron chi connectivity index (χ3n) is 10.7. The molecular formula is C44H52N4S2Si. The maximum absolute atomic E-state index is 5.11. The minimum absolute atomic E-state index is 0.263. The van der Waals surface area contributed by atoms with Gasteiger partial charge in [-0.2, -0.15) is 22.4 Å². The van der Waals surface area contributed by atoms with Crippen molar-refractivity contribution in [3.63, 3.8) is 0 Å². The van der Waals surface area contributed by atoms with E-state index in [1.165, 1.54) is 55.1 Å². The molecule has 4 unspecified atom stereocenters. The normalized spacial score (nSPS) is 18.4. The Hall–Kier alpha value is -3.52. The van der Waals surface area contributed by atoms with Gasteiger partial charge < -0.3 is 9.80 Å². The van der Waals surface area contributed by atoms with Crippen LogP contribution in [-0.2, 0) is 0 Å². The molecule has 0 amide bonds. The number of rotatable bonds is 13. The van der Waals surface area contributed by atoms with Crippen LogP contribution in [0.2, 0.25) is 6.55 Å². The standard InChI is InChI=1S/C44H52N4S2Si/c1-31-21-23-38(24-22-31)51(6,49-32(2)29-47-27-25-45-43(47)34(4)39-19-11-15-36-13-7-9-17-41(36)39)50-33(3)30-48-28-26-46-44(48)35(5)40-20-12-16-37-14-8-10-18-42(37)40/h7-24,32-35H,25-30H2,1-6H3. The molecular weight excluding hydrogens is 677 g/mol. The Morgan fingerprint density at radius 2 is 1.02 bits per heavy atom.